The first-order chi connectivity index (χ1) is 7.81. The molecule has 82 valence electrons. The van der Waals surface area contributed by atoms with Gasteiger partial charge in [0, 0.05) is 0 Å². The number of rotatable bonds is 3. The van der Waals surface area contributed by atoms with Crippen LogP contribution < -0.4 is 10.5 Å². The Hall–Kier alpha value is -1.81. The Kier molecular flexibility index (Phi) is 3.22. The van der Waals surface area contributed by atoms with Crippen LogP contribution in [0.4, 0.5) is 5.69 Å². The van der Waals surface area contributed by atoms with Crippen LogP contribution in [-0.2, 0) is 0 Å². The van der Waals surface area contributed by atoms with E-state index in [0.717, 1.165) is 16.3 Å². The number of nitrogens with two attached hydrogens (primary N) is 1. The van der Waals surface area contributed by atoms with Gasteiger partial charge in [-0.2, -0.15) is 0 Å². The first-order valence-electron chi connectivity index (χ1n) is 4.82. The molecule has 0 aliphatic carbocycles. The highest BCUT2D eigenvalue weighted by Gasteiger charge is 2.03. The van der Waals surface area contributed by atoms with Crippen molar-refractivity contribution in [1.82, 2.24) is 0 Å². The zero-order valence-electron chi connectivity index (χ0n) is 8.88. The Morgan fingerprint density at radius 3 is 2.75 bits per heavy atom. The minimum atomic E-state index is 0.513. The maximum Gasteiger partial charge on any atom is 0.144 e. The third kappa shape index (κ3) is 2.23. The Labute approximate surface area is 98.2 Å². The van der Waals surface area contributed by atoms with Crippen LogP contribution in [-0.4, -0.2) is 12.9 Å². The summed E-state index contributed by atoms with van der Waals surface area (Å²) in [5, 5.41) is 1.97. The van der Waals surface area contributed by atoms with E-state index in [2.05, 4.69) is 4.99 Å². The smallest absolute Gasteiger partial charge is 0.144 e. The van der Waals surface area contributed by atoms with Crippen molar-refractivity contribution in [2.45, 2.75) is 0 Å². The average molecular weight is 232 g/mol. The number of amidine groups is 1. The standard InChI is InChI=1S/C12H12N2OS/c1-15-10-6-3-2-5-9(10)14-12(13)11-7-4-8-16-11/h2-8H,1H3,(H2,13,14). The van der Waals surface area contributed by atoms with Gasteiger partial charge in [0.1, 0.15) is 17.3 Å². The van der Waals surface area contributed by atoms with Crippen molar-refractivity contribution in [1.29, 1.82) is 0 Å². The molecule has 1 aromatic carbocycles. The molecule has 3 nitrogen and oxygen atoms in total. The summed E-state index contributed by atoms with van der Waals surface area (Å²) in [6.45, 7) is 0. The molecule has 0 aliphatic rings. The number of hydrogen-bond donors (Lipinski definition) is 1. The van der Waals surface area contributed by atoms with Crippen LogP contribution in [0.3, 0.4) is 0 Å². The molecule has 4 heteroatoms. The van der Waals surface area contributed by atoms with Gasteiger partial charge in [0.2, 0.25) is 0 Å². The maximum absolute atomic E-state index is 5.90. The van der Waals surface area contributed by atoms with Gasteiger partial charge in [-0.1, -0.05) is 18.2 Å². The maximum atomic E-state index is 5.90. The van der Waals surface area contributed by atoms with Crippen LogP contribution in [0.5, 0.6) is 5.75 Å². The fraction of sp³-hybridized carbons (Fsp3) is 0.0833. The summed E-state index contributed by atoms with van der Waals surface area (Å²) < 4.78 is 5.20. The first kappa shape index (κ1) is 10.7. The van der Waals surface area contributed by atoms with E-state index in [0.29, 0.717) is 5.84 Å². The molecule has 1 aromatic heterocycles. The summed E-state index contributed by atoms with van der Waals surface area (Å²) in [5.41, 5.74) is 6.65. The van der Waals surface area contributed by atoms with Crippen molar-refractivity contribution in [3.8, 4) is 5.75 Å². The van der Waals surface area contributed by atoms with Gasteiger partial charge in [-0.15, -0.1) is 11.3 Å². The largest absolute Gasteiger partial charge is 0.494 e. The molecule has 0 atom stereocenters. The molecule has 0 aliphatic heterocycles. The topological polar surface area (TPSA) is 47.6 Å². The molecule has 0 bridgehead atoms. The molecule has 0 fully saturated rings. The van der Waals surface area contributed by atoms with Crippen LogP contribution in [0.1, 0.15) is 4.88 Å². The van der Waals surface area contributed by atoms with E-state index in [1.165, 1.54) is 0 Å². The summed E-state index contributed by atoms with van der Waals surface area (Å²) in [4.78, 5) is 5.32. The van der Waals surface area contributed by atoms with E-state index >= 15 is 0 Å². The number of ether oxygens (including phenoxy) is 1. The molecular weight excluding hydrogens is 220 g/mol. The van der Waals surface area contributed by atoms with Gasteiger partial charge in [0.25, 0.3) is 0 Å². The van der Waals surface area contributed by atoms with Crippen molar-refractivity contribution < 1.29 is 4.74 Å². The predicted molar refractivity (Wildman–Crippen MR) is 67.7 cm³/mol. The van der Waals surface area contributed by atoms with Crippen molar-refractivity contribution in [2.24, 2.45) is 10.7 Å². The van der Waals surface area contributed by atoms with E-state index in [-0.39, 0.29) is 0 Å². The lowest BCUT2D eigenvalue weighted by Gasteiger charge is -2.04. The predicted octanol–water partition coefficient (Wildman–Crippen LogP) is 2.79. The molecule has 2 rings (SSSR count). The fourth-order valence-corrected chi connectivity index (χ4v) is 1.96. The van der Waals surface area contributed by atoms with Crippen molar-refractivity contribution >= 4 is 22.9 Å². The first-order valence-corrected chi connectivity index (χ1v) is 5.70. The average Bonchev–Trinajstić information content (AvgIpc) is 2.83. The highest BCUT2D eigenvalue weighted by molar-refractivity contribution is 7.12. The van der Waals surface area contributed by atoms with Gasteiger partial charge < -0.3 is 10.5 Å². The van der Waals surface area contributed by atoms with Crippen LogP contribution >= 0.6 is 11.3 Å². The van der Waals surface area contributed by atoms with Crippen molar-refractivity contribution in [3.63, 3.8) is 0 Å². The zero-order chi connectivity index (χ0) is 11.4. The number of aliphatic imine (C=N–C) groups is 1. The molecule has 0 spiro atoms. The SMILES string of the molecule is COc1ccccc1/N=C(\N)c1cccs1. The molecule has 16 heavy (non-hydrogen) atoms. The summed E-state index contributed by atoms with van der Waals surface area (Å²) in [5.74, 6) is 1.24. The second-order valence-corrected chi connectivity index (χ2v) is 4.09. The minimum absolute atomic E-state index is 0.513. The number of benzene rings is 1. The Morgan fingerprint density at radius 2 is 2.06 bits per heavy atom. The molecule has 1 heterocycles. The number of hydrogen-bond acceptors (Lipinski definition) is 3. The molecule has 0 saturated heterocycles. The van der Waals surface area contributed by atoms with Gasteiger partial charge in [-0.05, 0) is 23.6 Å². The second kappa shape index (κ2) is 4.81. The summed E-state index contributed by atoms with van der Waals surface area (Å²) in [7, 11) is 1.62. The van der Waals surface area contributed by atoms with E-state index in [1.807, 2.05) is 41.8 Å². The third-order valence-electron chi connectivity index (χ3n) is 2.10. The minimum Gasteiger partial charge on any atom is -0.494 e. The van der Waals surface area contributed by atoms with E-state index in [9.17, 15) is 0 Å². The molecule has 2 N–H and O–H groups in total. The number of methoxy groups -OCH3 is 1. The Bertz CT molecular complexity index is 491. The molecule has 0 unspecified atom stereocenters. The van der Waals surface area contributed by atoms with Crippen LogP contribution in [0.25, 0.3) is 0 Å². The van der Waals surface area contributed by atoms with Gasteiger partial charge in [-0.25, -0.2) is 4.99 Å². The molecule has 2 aromatic rings. The van der Waals surface area contributed by atoms with E-state index < -0.39 is 0 Å². The normalized spacial score (nSPS) is 11.4. The number of nitrogens with zero attached hydrogens (tertiary/aromatic N) is 1. The van der Waals surface area contributed by atoms with E-state index in [1.54, 1.807) is 18.4 Å². The Balaban J connectivity index is 2.35. The lowest BCUT2D eigenvalue weighted by atomic mass is 10.3. The van der Waals surface area contributed by atoms with Crippen LogP contribution in [0.2, 0.25) is 0 Å². The number of para-hydroxylation sites is 2. The van der Waals surface area contributed by atoms with Crippen LogP contribution in [0.15, 0.2) is 46.8 Å². The zero-order valence-corrected chi connectivity index (χ0v) is 9.70. The van der Waals surface area contributed by atoms with Gasteiger partial charge in [0.15, 0.2) is 0 Å². The van der Waals surface area contributed by atoms with Crippen molar-refractivity contribution in [2.75, 3.05) is 7.11 Å². The van der Waals surface area contributed by atoms with Gasteiger partial charge >= 0.3 is 0 Å². The fourth-order valence-electron chi connectivity index (χ4n) is 1.33. The highest BCUT2D eigenvalue weighted by atomic mass is 32.1. The quantitative estimate of drug-likeness (QED) is 0.653. The summed E-state index contributed by atoms with van der Waals surface area (Å²) in [6, 6.07) is 11.4. The third-order valence-corrected chi connectivity index (χ3v) is 2.99. The summed E-state index contributed by atoms with van der Waals surface area (Å²) in [6.07, 6.45) is 0. The number of thiophene rings is 1. The lowest BCUT2D eigenvalue weighted by molar-refractivity contribution is 0.416. The molecule has 0 amide bonds. The lowest BCUT2D eigenvalue weighted by Crippen LogP contribution is -2.10. The molecule has 0 saturated carbocycles. The van der Waals surface area contributed by atoms with Crippen molar-refractivity contribution in [3.05, 3.63) is 46.7 Å². The Morgan fingerprint density at radius 1 is 1.25 bits per heavy atom. The second-order valence-electron chi connectivity index (χ2n) is 3.15. The molecular formula is C12H12N2OS. The van der Waals surface area contributed by atoms with Gasteiger partial charge in [0.05, 0.1) is 12.0 Å². The molecule has 0 radical (unpaired) electrons. The summed E-state index contributed by atoms with van der Waals surface area (Å²) >= 11 is 1.57. The van der Waals surface area contributed by atoms with Gasteiger partial charge in [-0.3, -0.25) is 0 Å². The highest BCUT2D eigenvalue weighted by Crippen LogP contribution is 2.26. The van der Waals surface area contributed by atoms with E-state index in [4.69, 9.17) is 10.5 Å². The monoisotopic (exact) mass is 232 g/mol. The van der Waals surface area contributed by atoms with Crippen LogP contribution in [0, 0.1) is 0 Å².